The van der Waals surface area contributed by atoms with Gasteiger partial charge in [0, 0.05) is 11.7 Å². The van der Waals surface area contributed by atoms with Gasteiger partial charge in [0.25, 0.3) is 0 Å². The van der Waals surface area contributed by atoms with Gasteiger partial charge in [-0.15, -0.1) is 0 Å². The number of anilines is 1. The molecule has 0 heterocycles. The van der Waals surface area contributed by atoms with Crippen LogP contribution in [0.3, 0.4) is 0 Å². The van der Waals surface area contributed by atoms with E-state index >= 15 is 0 Å². The lowest BCUT2D eigenvalue weighted by atomic mass is 9.98. The Balaban J connectivity index is 1.81. The summed E-state index contributed by atoms with van der Waals surface area (Å²) < 4.78 is 0. The summed E-state index contributed by atoms with van der Waals surface area (Å²) in [6.07, 6.45) is 15.6. The zero-order chi connectivity index (χ0) is 13.2. The summed E-state index contributed by atoms with van der Waals surface area (Å²) in [7, 11) is 0. The van der Waals surface area contributed by atoms with E-state index in [1.807, 2.05) is 0 Å². The van der Waals surface area contributed by atoms with Crippen LogP contribution in [0.2, 0.25) is 0 Å². The van der Waals surface area contributed by atoms with Crippen LogP contribution in [0.25, 0.3) is 0 Å². The van der Waals surface area contributed by atoms with Crippen LogP contribution in [0.1, 0.15) is 70.6 Å². The number of hydrogen-bond acceptors (Lipinski definition) is 1. The summed E-state index contributed by atoms with van der Waals surface area (Å²) in [5, 5.41) is 3.73. The van der Waals surface area contributed by atoms with Crippen molar-refractivity contribution < 1.29 is 0 Å². The molecule has 0 saturated heterocycles. The molecule has 1 fully saturated rings. The maximum Gasteiger partial charge on any atom is 0.0342 e. The molecule has 0 amide bonds. The average Bonchev–Trinajstić information content (AvgIpc) is 2.43. The van der Waals surface area contributed by atoms with Crippen LogP contribution in [0, 0.1) is 0 Å². The van der Waals surface area contributed by atoms with E-state index in [2.05, 4.69) is 35.6 Å². The molecule has 1 nitrogen and oxygen atoms in total. The van der Waals surface area contributed by atoms with Gasteiger partial charge in [-0.3, -0.25) is 0 Å². The van der Waals surface area contributed by atoms with Gasteiger partial charge in [-0.1, -0.05) is 76.0 Å². The second kappa shape index (κ2) is 9.01. The van der Waals surface area contributed by atoms with Crippen molar-refractivity contribution in [2.24, 2.45) is 0 Å². The monoisotopic (exact) mass is 259 g/mol. The molecule has 1 heteroatoms. The fourth-order valence-corrected chi connectivity index (χ4v) is 3.08. The quantitative estimate of drug-likeness (QED) is 0.710. The van der Waals surface area contributed by atoms with Crippen molar-refractivity contribution in [3.05, 3.63) is 30.3 Å². The van der Waals surface area contributed by atoms with E-state index in [0.717, 1.165) is 0 Å². The standard InChI is InChI=1S/C18H29N/c1-2-4-6-9-13-17(14-10-7-5-3-1)19-18-15-11-8-12-16-18/h8,11-12,15-17,19H,1-7,9-10,13-14H2. The molecule has 19 heavy (non-hydrogen) atoms. The van der Waals surface area contributed by atoms with Crippen molar-refractivity contribution in [2.45, 2.75) is 76.7 Å². The maximum absolute atomic E-state index is 3.73. The molecule has 106 valence electrons. The van der Waals surface area contributed by atoms with E-state index in [1.165, 1.54) is 76.3 Å². The van der Waals surface area contributed by atoms with Crippen LogP contribution in [0.15, 0.2) is 30.3 Å². The zero-order valence-corrected chi connectivity index (χ0v) is 12.2. The van der Waals surface area contributed by atoms with Gasteiger partial charge in [0.1, 0.15) is 0 Å². The summed E-state index contributed by atoms with van der Waals surface area (Å²) in [5.41, 5.74) is 1.29. The highest BCUT2D eigenvalue weighted by Crippen LogP contribution is 2.19. The average molecular weight is 259 g/mol. The topological polar surface area (TPSA) is 12.0 Å². The van der Waals surface area contributed by atoms with Gasteiger partial charge >= 0.3 is 0 Å². The van der Waals surface area contributed by atoms with Gasteiger partial charge in [-0.05, 0) is 25.0 Å². The third-order valence-electron chi connectivity index (χ3n) is 4.25. The molecular weight excluding hydrogens is 230 g/mol. The Bertz CT molecular complexity index is 308. The normalized spacial score (nSPS) is 20.2. The predicted octanol–water partition coefficient (Wildman–Crippen LogP) is 5.77. The number of hydrogen-bond donors (Lipinski definition) is 1. The van der Waals surface area contributed by atoms with Gasteiger partial charge in [0.05, 0.1) is 0 Å². The van der Waals surface area contributed by atoms with Crippen molar-refractivity contribution in [1.82, 2.24) is 0 Å². The zero-order valence-electron chi connectivity index (χ0n) is 12.2. The molecule has 1 aliphatic rings. The molecule has 1 aromatic carbocycles. The van der Waals surface area contributed by atoms with Gasteiger partial charge in [0.2, 0.25) is 0 Å². The van der Waals surface area contributed by atoms with E-state index in [-0.39, 0.29) is 0 Å². The fraction of sp³-hybridized carbons (Fsp3) is 0.667. The second-order valence-corrected chi connectivity index (χ2v) is 5.97. The lowest BCUT2D eigenvalue weighted by Gasteiger charge is -2.20. The minimum absolute atomic E-state index is 0.682. The summed E-state index contributed by atoms with van der Waals surface area (Å²) >= 11 is 0. The lowest BCUT2D eigenvalue weighted by Crippen LogP contribution is -2.19. The molecule has 2 rings (SSSR count). The van der Waals surface area contributed by atoms with Crippen LogP contribution in [0.5, 0.6) is 0 Å². The summed E-state index contributed by atoms with van der Waals surface area (Å²) in [6.45, 7) is 0. The molecule has 0 spiro atoms. The first-order valence-electron chi connectivity index (χ1n) is 8.27. The number of benzene rings is 1. The van der Waals surface area contributed by atoms with Crippen LogP contribution in [-0.2, 0) is 0 Å². The first-order chi connectivity index (χ1) is 9.45. The maximum atomic E-state index is 3.73. The third-order valence-corrected chi connectivity index (χ3v) is 4.25. The highest BCUT2D eigenvalue weighted by Gasteiger charge is 2.09. The first kappa shape index (κ1) is 14.4. The Kier molecular flexibility index (Phi) is 6.84. The van der Waals surface area contributed by atoms with Crippen LogP contribution >= 0.6 is 0 Å². The van der Waals surface area contributed by atoms with Crippen LogP contribution in [0.4, 0.5) is 5.69 Å². The predicted molar refractivity (Wildman–Crippen MR) is 84.6 cm³/mol. The van der Waals surface area contributed by atoms with E-state index in [0.29, 0.717) is 6.04 Å². The van der Waals surface area contributed by atoms with Crippen molar-refractivity contribution in [3.63, 3.8) is 0 Å². The highest BCUT2D eigenvalue weighted by atomic mass is 14.9. The Labute approximate surface area is 118 Å². The lowest BCUT2D eigenvalue weighted by molar-refractivity contribution is 0.480. The minimum Gasteiger partial charge on any atom is -0.382 e. The molecule has 0 atom stereocenters. The van der Waals surface area contributed by atoms with Crippen LogP contribution in [-0.4, -0.2) is 6.04 Å². The molecule has 0 aliphatic heterocycles. The van der Waals surface area contributed by atoms with E-state index < -0.39 is 0 Å². The molecule has 0 unspecified atom stereocenters. The van der Waals surface area contributed by atoms with Gasteiger partial charge in [-0.25, -0.2) is 0 Å². The summed E-state index contributed by atoms with van der Waals surface area (Å²) in [5.74, 6) is 0. The molecule has 1 N–H and O–H groups in total. The van der Waals surface area contributed by atoms with E-state index in [9.17, 15) is 0 Å². The fourth-order valence-electron chi connectivity index (χ4n) is 3.08. The SMILES string of the molecule is c1ccc(NC2CCCCCCCCCCC2)cc1. The summed E-state index contributed by atoms with van der Waals surface area (Å²) in [6, 6.07) is 11.4. The van der Waals surface area contributed by atoms with Crippen molar-refractivity contribution in [1.29, 1.82) is 0 Å². The molecule has 0 radical (unpaired) electrons. The van der Waals surface area contributed by atoms with Crippen molar-refractivity contribution in [2.75, 3.05) is 5.32 Å². The number of rotatable bonds is 2. The smallest absolute Gasteiger partial charge is 0.0342 e. The molecule has 0 aromatic heterocycles. The van der Waals surface area contributed by atoms with E-state index in [1.54, 1.807) is 0 Å². The van der Waals surface area contributed by atoms with E-state index in [4.69, 9.17) is 0 Å². The third kappa shape index (κ3) is 6.13. The Hall–Kier alpha value is -0.980. The largest absolute Gasteiger partial charge is 0.382 e. The highest BCUT2D eigenvalue weighted by molar-refractivity contribution is 5.43. The molecular formula is C18H29N. The van der Waals surface area contributed by atoms with Gasteiger partial charge in [0.15, 0.2) is 0 Å². The minimum atomic E-state index is 0.682. The Morgan fingerprint density at radius 1 is 0.632 bits per heavy atom. The Morgan fingerprint density at radius 2 is 1.11 bits per heavy atom. The van der Waals surface area contributed by atoms with Crippen molar-refractivity contribution >= 4 is 5.69 Å². The van der Waals surface area contributed by atoms with Crippen molar-refractivity contribution in [3.8, 4) is 0 Å². The first-order valence-corrected chi connectivity index (χ1v) is 8.27. The number of para-hydroxylation sites is 1. The number of nitrogens with one attached hydrogen (secondary N) is 1. The molecule has 0 bridgehead atoms. The van der Waals surface area contributed by atoms with Crippen LogP contribution < -0.4 is 5.32 Å². The molecule has 1 aliphatic carbocycles. The summed E-state index contributed by atoms with van der Waals surface area (Å²) in [4.78, 5) is 0. The second-order valence-electron chi connectivity index (χ2n) is 5.97. The molecule has 1 aromatic rings. The van der Waals surface area contributed by atoms with Gasteiger partial charge in [-0.2, -0.15) is 0 Å². The molecule has 1 saturated carbocycles. The van der Waals surface area contributed by atoms with Gasteiger partial charge < -0.3 is 5.32 Å². The Morgan fingerprint density at radius 3 is 1.63 bits per heavy atom.